The summed E-state index contributed by atoms with van der Waals surface area (Å²) in [5.41, 5.74) is 0. The van der Waals surface area contributed by atoms with Crippen molar-refractivity contribution in [3.8, 4) is 0 Å². The molecule has 0 amide bonds. The van der Waals surface area contributed by atoms with Crippen molar-refractivity contribution in [2.45, 2.75) is 38.6 Å². The highest BCUT2D eigenvalue weighted by Crippen LogP contribution is 2.15. The summed E-state index contributed by atoms with van der Waals surface area (Å²) in [7, 11) is 1.84. The van der Waals surface area contributed by atoms with E-state index in [0.717, 1.165) is 50.8 Å². The van der Waals surface area contributed by atoms with Crippen LogP contribution in [0.1, 0.15) is 32.6 Å². The van der Waals surface area contributed by atoms with Crippen LogP contribution < -0.4 is 16.0 Å². The molecule has 7 heteroatoms. The van der Waals surface area contributed by atoms with E-state index in [9.17, 15) is 0 Å². The van der Waals surface area contributed by atoms with Crippen LogP contribution in [0.5, 0.6) is 0 Å². The molecule has 1 aliphatic heterocycles. The second-order valence-corrected chi connectivity index (χ2v) is 6.15. The van der Waals surface area contributed by atoms with Crippen LogP contribution in [0.3, 0.4) is 0 Å². The van der Waals surface area contributed by atoms with Gasteiger partial charge in [-0.1, -0.05) is 13.0 Å². The Morgan fingerprint density at radius 2 is 2.12 bits per heavy atom. The number of rotatable bonds is 9. The molecule has 2 rings (SSSR count). The molecule has 1 aromatic rings. The van der Waals surface area contributed by atoms with Gasteiger partial charge < -0.3 is 16.0 Å². The molecule has 25 heavy (non-hydrogen) atoms. The molecule has 1 aliphatic rings. The Bertz CT molecular complexity index is 482. The maximum Gasteiger partial charge on any atom is 0.191 e. The third kappa shape index (κ3) is 8.22. The molecular weight excluding hydrogens is 427 g/mol. The molecule has 0 bridgehead atoms. The predicted octanol–water partition coefficient (Wildman–Crippen LogP) is 2.54. The van der Waals surface area contributed by atoms with Gasteiger partial charge in [0.05, 0.1) is 0 Å². The lowest BCUT2D eigenvalue weighted by Crippen LogP contribution is -2.45. The fourth-order valence-corrected chi connectivity index (χ4v) is 3.12. The summed E-state index contributed by atoms with van der Waals surface area (Å²) < 4.78 is 0. The van der Waals surface area contributed by atoms with Gasteiger partial charge >= 0.3 is 0 Å². The Kier molecular flexibility index (Phi) is 11.6. The lowest BCUT2D eigenvalue weighted by molar-refractivity contribution is 0.267. The van der Waals surface area contributed by atoms with Crippen molar-refractivity contribution >= 4 is 35.8 Å². The number of likely N-dealkylation sites (tertiary alicyclic amines) is 1. The molecule has 1 unspecified atom stereocenters. The monoisotopic (exact) mass is 460 g/mol. The first-order valence-corrected chi connectivity index (χ1v) is 9.17. The van der Waals surface area contributed by atoms with Gasteiger partial charge in [0.25, 0.3) is 0 Å². The van der Waals surface area contributed by atoms with Crippen LogP contribution in [0, 0.1) is 0 Å². The van der Waals surface area contributed by atoms with Gasteiger partial charge in [-0.2, -0.15) is 0 Å². The van der Waals surface area contributed by atoms with E-state index >= 15 is 0 Å². The summed E-state index contributed by atoms with van der Waals surface area (Å²) in [6.45, 7) is 7.48. The first kappa shape index (κ1) is 22.0. The second kappa shape index (κ2) is 13.2. The van der Waals surface area contributed by atoms with Gasteiger partial charge in [0.15, 0.2) is 5.96 Å². The number of nitrogens with zero attached hydrogens (tertiary/aromatic N) is 3. The average Bonchev–Trinajstić information content (AvgIpc) is 3.09. The molecule has 1 aromatic heterocycles. The fourth-order valence-electron chi connectivity index (χ4n) is 3.12. The largest absolute Gasteiger partial charge is 0.370 e. The Labute approximate surface area is 169 Å². The van der Waals surface area contributed by atoms with E-state index in [2.05, 4.69) is 37.8 Å². The number of nitrogens with one attached hydrogen (secondary N) is 3. The molecular formula is C18H33IN6. The van der Waals surface area contributed by atoms with E-state index < -0.39 is 0 Å². The minimum atomic E-state index is 0. The molecule has 142 valence electrons. The Morgan fingerprint density at radius 1 is 1.28 bits per heavy atom. The van der Waals surface area contributed by atoms with Gasteiger partial charge in [0.1, 0.15) is 5.82 Å². The Balaban J connectivity index is 0.00000312. The highest BCUT2D eigenvalue weighted by molar-refractivity contribution is 14.0. The quantitative estimate of drug-likeness (QED) is 0.229. The molecule has 1 saturated heterocycles. The molecule has 2 heterocycles. The number of guanidine groups is 1. The van der Waals surface area contributed by atoms with E-state index in [1.807, 2.05) is 31.4 Å². The summed E-state index contributed by atoms with van der Waals surface area (Å²) >= 11 is 0. The van der Waals surface area contributed by atoms with Crippen molar-refractivity contribution in [1.82, 2.24) is 20.5 Å². The molecule has 0 aliphatic carbocycles. The SMILES string of the molecule is CCN1CCCC1CNC(=NC)NCCCCNc1ccccn1.I. The molecule has 0 saturated carbocycles. The van der Waals surface area contributed by atoms with Crippen LogP contribution in [0.15, 0.2) is 29.4 Å². The Morgan fingerprint density at radius 3 is 2.84 bits per heavy atom. The normalized spacial score (nSPS) is 17.8. The zero-order chi connectivity index (χ0) is 17.0. The molecule has 0 radical (unpaired) electrons. The minimum absolute atomic E-state index is 0. The number of aliphatic imine (C=N–C) groups is 1. The maximum absolute atomic E-state index is 4.32. The third-order valence-corrected chi connectivity index (χ3v) is 4.50. The number of hydrogen-bond donors (Lipinski definition) is 3. The maximum atomic E-state index is 4.32. The van der Waals surface area contributed by atoms with E-state index in [4.69, 9.17) is 0 Å². The number of pyridine rings is 1. The van der Waals surface area contributed by atoms with Crippen LogP contribution >= 0.6 is 24.0 Å². The van der Waals surface area contributed by atoms with Crippen LogP contribution in [0.25, 0.3) is 0 Å². The van der Waals surface area contributed by atoms with E-state index in [1.165, 1.54) is 19.4 Å². The summed E-state index contributed by atoms with van der Waals surface area (Å²) in [6.07, 6.45) is 6.62. The summed E-state index contributed by atoms with van der Waals surface area (Å²) in [5, 5.41) is 10.2. The zero-order valence-electron chi connectivity index (χ0n) is 15.5. The van der Waals surface area contributed by atoms with Gasteiger partial charge in [0.2, 0.25) is 0 Å². The number of anilines is 1. The highest BCUT2D eigenvalue weighted by Gasteiger charge is 2.22. The van der Waals surface area contributed by atoms with Gasteiger partial charge in [-0.15, -0.1) is 24.0 Å². The molecule has 3 N–H and O–H groups in total. The van der Waals surface area contributed by atoms with Crippen LogP contribution in [0.2, 0.25) is 0 Å². The lowest BCUT2D eigenvalue weighted by Gasteiger charge is -2.24. The predicted molar refractivity (Wildman–Crippen MR) is 117 cm³/mol. The fraction of sp³-hybridized carbons (Fsp3) is 0.667. The van der Waals surface area contributed by atoms with Crippen molar-refractivity contribution in [2.75, 3.05) is 45.1 Å². The van der Waals surface area contributed by atoms with Crippen molar-refractivity contribution in [1.29, 1.82) is 0 Å². The van der Waals surface area contributed by atoms with E-state index in [-0.39, 0.29) is 24.0 Å². The summed E-state index contributed by atoms with van der Waals surface area (Å²) in [4.78, 5) is 11.1. The smallest absolute Gasteiger partial charge is 0.191 e. The van der Waals surface area contributed by atoms with Gasteiger partial charge in [-0.25, -0.2) is 4.98 Å². The molecule has 0 spiro atoms. The standard InChI is InChI=1S/C18H32N6.HI/c1-3-24-14-8-9-16(24)15-23-18(19-2)22-13-7-6-12-21-17-10-4-5-11-20-17;/h4-5,10-11,16H,3,6-9,12-15H2,1-2H3,(H,20,21)(H2,19,22,23);1H. The minimum Gasteiger partial charge on any atom is -0.370 e. The number of aromatic nitrogens is 1. The first-order valence-electron chi connectivity index (χ1n) is 9.17. The number of likely N-dealkylation sites (N-methyl/N-ethyl adjacent to an activating group) is 1. The number of halogens is 1. The highest BCUT2D eigenvalue weighted by atomic mass is 127. The molecule has 6 nitrogen and oxygen atoms in total. The van der Waals surface area contributed by atoms with Crippen LogP contribution in [-0.2, 0) is 0 Å². The molecule has 1 atom stereocenters. The Hall–Kier alpha value is -1.09. The zero-order valence-corrected chi connectivity index (χ0v) is 17.8. The lowest BCUT2D eigenvalue weighted by atomic mass is 10.2. The summed E-state index contributed by atoms with van der Waals surface area (Å²) in [6, 6.07) is 6.57. The second-order valence-electron chi connectivity index (χ2n) is 6.15. The van der Waals surface area contributed by atoms with E-state index in [0.29, 0.717) is 6.04 Å². The van der Waals surface area contributed by atoms with Gasteiger partial charge in [-0.05, 0) is 50.9 Å². The average molecular weight is 460 g/mol. The molecule has 1 fully saturated rings. The topological polar surface area (TPSA) is 64.6 Å². The van der Waals surface area contributed by atoms with Gasteiger partial charge in [0, 0.05) is 38.9 Å². The van der Waals surface area contributed by atoms with Gasteiger partial charge in [-0.3, -0.25) is 9.89 Å². The molecule has 0 aromatic carbocycles. The third-order valence-electron chi connectivity index (χ3n) is 4.50. The first-order chi connectivity index (χ1) is 11.8. The van der Waals surface area contributed by atoms with Crippen molar-refractivity contribution in [3.63, 3.8) is 0 Å². The van der Waals surface area contributed by atoms with Crippen LogP contribution in [-0.4, -0.2) is 61.7 Å². The van der Waals surface area contributed by atoms with Crippen molar-refractivity contribution in [3.05, 3.63) is 24.4 Å². The number of hydrogen-bond acceptors (Lipinski definition) is 4. The number of unbranched alkanes of at least 4 members (excludes halogenated alkanes) is 1. The van der Waals surface area contributed by atoms with E-state index in [1.54, 1.807) is 0 Å². The van der Waals surface area contributed by atoms with Crippen molar-refractivity contribution < 1.29 is 0 Å². The summed E-state index contributed by atoms with van der Waals surface area (Å²) in [5.74, 6) is 1.86. The van der Waals surface area contributed by atoms with Crippen LogP contribution in [0.4, 0.5) is 5.82 Å². The van der Waals surface area contributed by atoms with Crippen molar-refractivity contribution in [2.24, 2.45) is 4.99 Å².